The van der Waals surface area contributed by atoms with Crippen LogP contribution in [-0.4, -0.2) is 5.78 Å². The maximum absolute atomic E-state index is 11.4. The molecule has 0 atom stereocenters. The minimum atomic E-state index is -0.311. The summed E-state index contributed by atoms with van der Waals surface area (Å²) in [6.07, 6.45) is 1.41. The van der Waals surface area contributed by atoms with Crippen LogP contribution >= 0.6 is 0 Å². The average molecular weight is 154 g/mol. The second-order valence-electron chi connectivity index (χ2n) is 4.44. The Morgan fingerprint density at radius 3 is 1.64 bits per heavy atom. The van der Waals surface area contributed by atoms with Gasteiger partial charge >= 0.3 is 0 Å². The molecule has 0 unspecified atom stereocenters. The highest BCUT2D eigenvalue weighted by atomic mass is 16.1. The van der Waals surface area contributed by atoms with Gasteiger partial charge in [-0.25, -0.2) is 0 Å². The van der Waals surface area contributed by atoms with Crippen LogP contribution in [0.4, 0.5) is 0 Å². The zero-order valence-electron chi connectivity index (χ0n) is 8.19. The summed E-state index contributed by atoms with van der Waals surface area (Å²) < 4.78 is 0. The van der Waals surface area contributed by atoms with Gasteiger partial charge < -0.3 is 0 Å². The lowest BCUT2D eigenvalue weighted by atomic mass is 9.67. The van der Waals surface area contributed by atoms with E-state index in [4.69, 9.17) is 0 Å². The lowest BCUT2D eigenvalue weighted by Gasteiger charge is -2.36. The standard InChI is InChI=1S/C10H18O/c1-7-8(11)10(5,6)9(2,3)4/h7H,1H2,2-6H3. The predicted molar refractivity (Wildman–Crippen MR) is 48.4 cm³/mol. The van der Waals surface area contributed by atoms with Crippen LogP contribution in [0.15, 0.2) is 12.7 Å². The molecule has 0 radical (unpaired) electrons. The summed E-state index contributed by atoms with van der Waals surface area (Å²) in [4.78, 5) is 11.4. The first-order chi connectivity index (χ1) is 4.73. The first-order valence-corrected chi connectivity index (χ1v) is 3.90. The van der Waals surface area contributed by atoms with E-state index >= 15 is 0 Å². The lowest BCUT2D eigenvalue weighted by molar-refractivity contribution is -0.127. The van der Waals surface area contributed by atoms with Crippen molar-refractivity contribution in [2.75, 3.05) is 0 Å². The Morgan fingerprint density at radius 1 is 1.18 bits per heavy atom. The monoisotopic (exact) mass is 154 g/mol. The van der Waals surface area contributed by atoms with Crippen LogP contribution in [0, 0.1) is 10.8 Å². The van der Waals surface area contributed by atoms with Crippen LogP contribution in [0.1, 0.15) is 34.6 Å². The van der Waals surface area contributed by atoms with Crippen molar-refractivity contribution in [2.45, 2.75) is 34.6 Å². The van der Waals surface area contributed by atoms with Crippen LogP contribution in [0.5, 0.6) is 0 Å². The third-order valence-corrected chi connectivity index (χ3v) is 2.68. The first-order valence-electron chi connectivity index (χ1n) is 3.90. The van der Waals surface area contributed by atoms with Crippen molar-refractivity contribution in [1.29, 1.82) is 0 Å². The number of ketones is 1. The fourth-order valence-corrected chi connectivity index (χ4v) is 0.625. The summed E-state index contributed by atoms with van der Waals surface area (Å²) >= 11 is 0. The number of allylic oxidation sites excluding steroid dienone is 1. The number of carbonyl (C=O) groups is 1. The minimum absolute atomic E-state index is 0.00171. The van der Waals surface area contributed by atoms with Crippen molar-refractivity contribution in [3.05, 3.63) is 12.7 Å². The van der Waals surface area contributed by atoms with Gasteiger partial charge in [-0.1, -0.05) is 41.2 Å². The van der Waals surface area contributed by atoms with E-state index in [9.17, 15) is 4.79 Å². The van der Waals surface area contributed by atoms with Gasteiger partial charge in [-0.15, -0.1) is 0 Å². The molecule has 1 nitrogen and oxygen atoms in total. The van der Waals surface area contributed by atoms with E-state index in [1.807, 2.05) is 13.8 Å². The predicted octanol–water partition coefficient (Wildman–Crippen LogP) is 2.81. The molecule has 1 heteroatoms. The summed E-state index contributed by atoms with van der Waals surface area (Å²) in [6, 6.07) is 0. The summed E-state index contributed by atoms with van der Waals surface area (Å²) in [5.41, 5.74) is -0.312. The molecule has 11 heavy (non-hydrogen) atoms. The van der Waals surface area contributed by atoms with E-state index in [0.717, 1.165) is 0 Å². The van der Waals surface area contributed by atoms with Crippen LogP contribution in [-0.2, 0) is 4.79 Å². The highest BCUT2D eigenvalue weighted by molar-refractivity contribution is 5.94. The molecule has 0 aliphatic heterocycles. The first kappa shape index (κ1) is 10.4. The largest absolute Gasteiger partial charge is 0.294 e. The van der Waals surface area contributed by atoms with E-state index in [2.05, 4.69) is 27.4 Å². The molecule has 0 amide bonds. The Balaban J connectivity index is 4.73. The summed E-state index contributed by atoms with van der Waals surface area (Å²) in [6.45, 7) is 13.6. The second-order valence-corrected chi connectivity index (χ2v) is 4.44. The second kappa shape index (κ2) is 2.80. The molecule has 0 fully saturated rings. The van der Waals surface area contributed by atoms with E-state index in [1.54, 1.807) is 0 Å². The van der Waals surface area contributed by atoms with Crippen LogP contribution in [0.25, 0.3) is 0 Å². The van der Waals surface area contributed by atoms with Crippen molar-refractivity contribution in [3.63, 3.8) is 0 Å². The van der Waals surface area contributed by atoms with Gasteiger partial charge in [-0.05, 0) is 11.5 Å². The summed E-state index contributed by atoms with van der Waals surface area (Å²) in [5.74, 6) is 0.116. The third kappa shape index (κ3) is 1.92. The Morgan fingerprint density at radius 2 is 1.55 bits per heavy atom. The van der Waals surface area contributed by atoms with Gasteiger partial charge in [0.1, 0.15) is 0 Å². The van der Waals surface area contributed by atoms with E-state index in [0.29, 0.717) is 0 Å². The van der Waals surface area contributed by atoms with Gasteiger partial charge in [0.25, 0.3) is 0 Å². The topological polar surface area (TPSA) is 17.1 Å². The van der Waals surface area contributed by atoms with Crippen molar-refractivity contribution in [2.24, 2.45) is 10.8 Å². The van der Waals surface area contributed by atoms with Crippen molar-refractivity contribution in [3.8, 4) is 0 Å². The molecule has 0 heterocycles. The van der Waals surface area contributed by atoms with Gasteiger partial charge in [-0.2, -0.15) is 0 Å². The average Bonchev–Trinajstić information content (AvgIpc) is 1.83. The SMILES string of the molecule is C=CC(=O)C(C)(C)C(C)(C)C. The maximum Gasteiger partial charge on any atom is 0.161 e. The smallest absolute Gasteiger partial charge is 0.161 e. The molecule has 0 aliphatic rings. The van der Waals surface area contributed by atoms with Gasteiger partial charge in [0.05, 0.1) is 0 Å². The molecule has 0 aliphatic carbocycles. The Kier molecular flexibility index (Phi) is 2.65. The molecule has 0 rings (SSSR count). The van der Waals surface area contributed by atoms with Gasteiger partial charge in [0.2, 0.25) is 0 Å². The highest BCUT2D eigenvalue weighted by Crippen LogP contribution is 2.38. The van der Waals surface area contributed by atoms with Crippen molar-refractivity contribution in [1.82, 2.24) is 0 Å². The fraction of sp³-hybridized carbons (Fsp3) is 0.700. The number of hydrogen-bond acceptors (Lipinski definition) is 1. The van der Waals surface area contributed by atoms with Gasteiger partial charge in [0, 0.05) is 5.41 Å². The molecule has 0 aromatic carbocycles. The fourth-order valence-electron chi connectivity index (χ4n) is 0.625. The summed E-state index contributed by atoms with van der Waals surface area (Å²) in [7, 11) is 0. The molecule has 64 valence electrons. The molecule has 0 saturated heterocycles. The molecule has 0 saturated carbocycles. The van der Waals surface area contributed by atoms with E-state index in [1.165, 1.54) is 6.08 Å². The number of rotatable bonds is 2. The molecule has 0 aromatic rings. The Hall–Kier alpha value is -0.590. The van der Waals surface area contributed by atoms with Gasteiger partial charge in [0.15, 0.2) is 5.78 Å². The Labute approximate surface area is 69.5 Å². The molecular weight excluding hydrogens is 136 g/mol. The molecular formula is C10H18O. The Bertz CT molecular complexity index is 170. The zero-order valence-corrected chi connectivity index (χ0v) is 8.19. The van der Waals surface area contributed by atoms with E-state index in [-0.39, 0.29) is 16.6 Å². The van der Waals surface area contributed by atoms with Gasteiger partial charge in [-0.3, -0.25) is 4.79 Å². The maximum atomic E-state index is 11.4. The van der Waals surface area contributed by atoms with E-state index < -0.39 is 0 Å². The molecule has 0 bridgehead atoms. The van der Waals surface area contributed by atoms with Crippen molar-refractivity contribution >= 4 is 5.78 Å². The molecule has 0 aromatic heterocycles. The summed E-state index contributed by atoms with van der Waals surface area (Å²) in [5, 5.41) is 0. The molecule has 0 spiro atoms. The zero-order chi connectivity index (χ0) is 9.28. The number of hydrogen-bond donors (Lipinski definition) is 0. The molecule has 0 N–H and O–H groups in total. The quantitative estimate of drug-likeness (QED) is 0.559. The highest BCUT2D eigenvalue weighted by Gasteiger charge is 2.37. The number of carbonyl (C=O) groups excluding carboxylic acids is 1. The minimum Gasteiger partial charge on any atom is -0.294 e. The van der Waals surface area contributed by atoms with Crippen LogP contribution in [0.3, 0.4) is 0 Å². The van der Waals surface area contributed by atoms with Crippen LogP contribution < -0.4 is 0 Å². The van der Waals surface area contributed by atoms with Crippen LogP contribution in [0.2, 0.25) is 0 Å². The lowest BCUT2D eigenvalue weighted by Crippen LogP contribution is -2.36. The van der Waals surface area contributed by atoms with Crippen molar-refractivity contribution < 1.29 is 4.79 Å². The normalized spacial score (nSPS) is 12.8. The third-order valence-electron chi connectivity index (χ3n) is 2.68.